The van der Waals surface area contributed by atoms with E-state index in [-0.39, 0.29) is 12.1 Å². The Balaban J connectivity index is 1.56. The van der Waals surface area contributed by atoms with Gasteiger partial charge in [-0.1, -0.05) is 11.6 Å². The van der Waals surface area contributed by atoms with E-state index in [1.807, 2.05) is 18.2 Å². The van der Waals surface area contributed by atoms with Crippen LogP contribution < -0.4 is 15.1 Å². The topological polar surface area (TPSA) is 74.2 Å². The molecule has 7 nitrogen and oxygen atoms in total. The number of nitrogens with zero attached hydrogens (tertiary/aromatic N) is 5. The SMILES string of the molecule is O=C(Nc1ccncc1)N1c2nc(-c3cncc(Cl)c3)ccc2N2CCC[C@H]1C2. The van der Waals surface area contributed by atoms with Crippen molar-refractivity contribution >= 4 is 34.8 Å². The second kappa shape index (κ2) is 7.33. The van der Waals surface area contributed by atoms with Gasteiger partial charge in [-0.25, -0.2) is 9.78 Å². The van der Waals surface area contributed by atoms with Crippen molar-refractivity contribution in [3.05, 3.63) is 60.1 Å². The number of urea groups is 1. The highest BCUT2D eigenvalue weighted by molar-refractivity contribution is 6.30. The van der Waals surface area contributed by atoms with Crippen LogP contribution in [0.2, 0.25) is 5.02 Å². The molecule has 8 heteroatoms. The van der Waals surface area contributed by atoms with Gasteiger partial charge in [-0.15, -0.1) is 0 Å². The Morgan fingerprint density at radius 3 is 2.83 bits per heavy atom. The molecule has 5 heterocycles. The zero-order chi connectivity index (χ0) is 19.8. The Morgan fingerprint density at radius 2 is 2.00 bits per heavy atom. The standard InChI is InChI=1S/C21H19ClN6O/c22-15-10-14(11-24-12-15)18-3-4-19-20(26-18)28(17-2-1-9-27(19)13-17)21(29)25-16-5-7-23-8-6-16/h3-8,10-12,17H,1-2,9,13H2,(H,23,25,29)/t17-/m0/s1. The summed E-state index contributed by atoms with van der Waals surface area (Å²) < 4.78 is 0. The molecule has 1 fully saturated rings. The Bertz CT molecular complexity index is 1060. The summed E-state index contributed by atoms with van der Waals surface area (Å²) in [5.74, 6) is 0.671. The van der Waals surface area contributed by atoms with E-state index >= 15 is 0 Å². The molecule has 0 saturated carbocycles. The van der Waals surface area contributed by atoms with Crippen LogP contribution in [0.3, 0.4) is 0 Å². The molecular formula is C21H19ClN6O. The Kier molecular flexibility index (Phi) is 4.52. The summed E-state index contributed by atoms with van der Waals surface area (Å²) in [5.41, 5.74) is 3.24. The van der Waals surface area contributed by atoms with Gasteiger partial charge in [-0.2, -0.15) is 0 Å². The van der Waals surface area contributed by atoms with Gasteiger partial charge in [-0.3, -0.25) is 14.9 Å². The van der Waals surface area contributed by atoms with E-state index in [2.05, 4.69) is 20.2 Å². The Morgan fingerprint density at radius 1 is 1.14 bits per heavy atom. The fourth-order valence-corrected chi connectivity index (χ4v) is 4.19. The predicted octanol–water partition coefficient (Wildman–Crippen LogP) is 4.21. The van der Waals surface area contributed by atoms with Crippen molar-refractivity contribution in [1.82, 2.24) is 15.0 Å². The summed E-state index contributed by atoms with van der Waals surface area (Å²) in [6.45, 7) is 1.79. The quantitative estimate of drug-likeness (QED) is 0.689. The number of rotatable bonds is 2. The maximum absolute atomic E-state index is 13.2. The van der Waals surface area contributed by atoms with Crippen molar-refractivity contribution in [2.24, 2.45) is 0 Å². The van der Waals surface area contributed by atoms with Crippen LogP contribution in [0.4, 0.5) is 22.0 Å². The van der Waals surface area contributed by atoms with E-state index in [1.165, 1.54) is 0 Å². The van der Waals surface area contributed by atoms with Crippen molar-refractivity contribution < 1.29 is 4.79 Å². The number of amides is 2. The largest absolute Gasteiger partial charge is 0.366 e. The molecule has 0 unspecified atom stereocenters. The highest BCUT2D eigenvalue weighted by atomic mass is 35.5. The number of hydrogen-bond acceptors (Lipinski definition) is 5. The zero-order valence-electron chi connectivity index (χ0n) is 15.6. The molecule has 2 aliphatic heterocycles. The van der Waals surface area contributed by atoms with E-state index in [1.54, 1.807) is 41.8 Å². The van der Waals surface area contributed by atoms with Crippen LogP contribution in [-0.2, 0) is 0 Å². The minimum absolute atomic E-state index is 0.0818. The first-order valence-corrected chi connectivity index (χ1v) is 9.94. The number of halogens is 1. The molecule has 0 spiro atoms. The van der Waals surface area contributed by atoms with E-state index in [0.29, 0.717) is 16.5 Å². The zero-order valence-corrected chi connectivity index (χ0v) is 16.4. The molecule has 0 aliphatic carbocycles. The van der Waals surface area contributed by atoms with Crippen LogP contribution in [0, 0.1) is 0 Å². The molecule has 29 heavy (non-hydrogen) atoms. The van der Waals surface area contributed by atoms with Gasteiger partial charge in [0.15, 0.2) is 5.82 Å². The third-order valence-corrected chi connectivity index (χ3v) is 5.54. The first-order valence-electron chi connectivity index (χ1n) is 9.56. The molecule has 2 amide bonds. The first kappa shape index (κ1) is 17.9. The highest BCUT2D eigenvalue weighted by Gasteiger charge is 2.38. The second-order valence-electron chi connectivity index (χ2n) is 7.21. The van der Waals surface area contributed by atoms with Gasteiger partial charge in [0, 0.05) is 49.1 Å². The van der Waals surface area contributed by atoms with Crippen molar-refractivity contribution in [3.63, 3.8) is 0 Å². The number of hydrogen-bond donors (Lipinski definition) is 1. The lowest BCUT2D eigenvalue weighted by Crippen LogP contribution is -2.56. The van der Waals surface area contributed by atoms with Gasteiger partial charge in [0.1, 0.15) is 0 Å². The van der Waals surface area contributed by atoms with Crippen molar-refractivity contribution in [2.75, 3.05) is 28.2 Å². The third kappa shape index (κ3) is 3.38. The summed E-state index contributed by atoms with van der Waals surface area (Å²) in [6.07, 6.45) is 8.63. The Labute approximate surface area is 173 Å². The lowest BCUT2D eigenvalue weighted by atomic mass is 9.99. The molecule has 2 aliphatic rings. The fourth-order valence-electron chi connectivity index (χ4n) is 4.02. The number of carbonyl (C=O) groups excluding carboxylic acids is 1. The van der Waals surface area contributed by atoms with Gasteiger partial charge >= 0.3 is 6.03 Å². The maximum atomic E-state index is 13.2. The third-order valence-electron chi connectivity index (χ3n) is 5.34. The molecule has 1 N–H and O–H groups in total. The molecule has 0 radical (unpaired) electrons. The van der Waals surface area contributed by atoms with Gasteiger partial charge in [0.05, 0.1) is 22.4 Å². The number of piperidine rings is 1. The van der Waals surface area contributed by atoms with E-state index in [4.69, 9.17) is 16.6 Å². The molecule has 3 aromatic heterocycles. The second-order valence-corrected chi connectivity index (χ2v) is 7.65. The van der Waals surface area contributed by atoms with Crippen LogP contribution in [0.15, 0.2) is 55.1 Å². The Hall–Kier alpha value is -3.19. The minimum Gasteiger partial charge on any atom is -0.366 e. The molecule has 5 rings (SSSR count). The lowest BCUT2D eigenvalue weighted by molar-refractivity contribution is 0.252. The average Bonchev–Trinajstić information content (AvgIpc) is 2.74. The molecule has 1 atom stereocenters. The van der Waals surface area contributed by atoms with E-state index < -0.39 is 0 Å². The number of carbonyl (C=O) groups is 1. The van der Waals surface area contributed by atoms with Crippen molar-refractivity contribution in [1.29, 1.82) is 0 Å². The van der Waals surface area contributed by atoms with Crippen LogP contribution in [-0.4, -0.2) is 40.1 Å². The summed E-state index contributed by atoms with van der Waals surface area (Å²) in [5, 5.41) is 3.53. The van der Waals surface area contributed by atoms with E-state index in [0.717, 1.165) is 42.9 Å². The summed E-state index contributed by atoms with van der Waals surface area (Å²) in [6, 6.07) is 9.27. The normalized spacial score (nSPS) is 17.6. The first-order chi connectivity index (χ1) is 14.2. The van der Waals surface area contributed by atoms with Crippen LogP contribution in [0.25, 0.3) is 11.3 Å². The fraction of sp³-hybridized carbons (Fsp3) is 0.238. The number of pyridine rings is 3. The average molecular weight is 407 g/mol. The monoisotopic (exact) mass is 406 g/mol. The van der Waals surface area contributed by atoms with Gasteiger partial charge in [0.2, 0.25) is 0 Å². The molecule has 2 bridgehead atoms. The summed E-state index contributed by atoms with van der Waals surface area (Å²) in [4.78, 5) is 30.4. The lowest BCUT2D eigenvalue weighted by Gasteiger charge is -2.45. The molecule has 0 aromatic carbocycles. The molecule has 146 valence electrons. The van der Waals surface area contributed by atoms with Gasteiger partial charge < -0.3 is 10.2 Å². The molecular weight excluding hydrogens is 388 g/mol. The highest BCUT2D eigenvalue weighted by Crippen LogP contribution is 2.39. The smallest absolute Gasteiger partial charge is 0.327 e. The number of aromatic nitrogens is 3. The molecule has 1 saturated heterocycles. The number of fused-ring (bicyclic) bond motifs is 4. The van der Waals surface area contributed by atoms with Crippen LogP contribution >= 0.6 is 11.6 Å². The van der Waals surface area contributed by atoms with E-state index in [9.17, 15) is 4.79 Å². The number of nitrogens with one attached hydrogen (secondary N) is 1. The van der Waals surface area contributed by atoms with Crippen molar-refractivity contribution in [3.8, 4) is 11.3 Å². The van der Waals surface area contributed by atoms with Gasteiger partial charge in [0.25, 0.3) is 0 Å². The van der Waals surface area contributed by atoms with Crippen LogP contribution in [0.5, 0.6) is 0 Å². The summed E-state index contributed by atoms with van der Waals surface area (Å²) >= 11 is 6.11. The minimum atomic E-state index is -0.183. The maximum Gasteiger partial charge on any atom is 0.327 e. The number of anilines is 3. The van der Waals surface area contributed by atoms with Gasteiger partial charge in [-0.05, 0) is 43.2 Å². The van der Waals surface area contributed by atoms with Crippen LogP contribution in [0.1, 0.15) is 12.8 Å². The predicted molar refractivity (Wildman–Crippen MR) is 113 cm³/mol. The summed E-state index contributed by atoms with van der Waals surface area (Å²) in [7, 11) is 0. The van der Waals surface area contributed by atoms with Crippen molar-refractivity contribution in [2.45, 2.75) is 18.9 Å². The molecule has 3 aromatic rings.